The lowest BCUT2D eigenvalue weighted by Gasteiger charge is -2.42. The van der Waals surface area contributed by atoms with Crippen LogP contribution in [0.25, 0.3) is 0 Å². The van der Waals surface area contributed by atoms with Gasteiger partial charge in [0.2, 0.25) is 0 Å². The van der Waals surface area contributed by atoms with E-state index < -0.39 is 56.4 Å². The zero-order chi connectivity index (χ0) is 36.8. The second-order valence-corrected chi connectivity index (χ2v) is 19.9. The highest BCUT2D eigenvalue weighted by molar-refractivity contribution is 6.74. The summed E-state index contributed by atoms with van der Waals surface area (Å²) in [5.41, 5.74) is 1.57. The van der Waals surface area contributed by atoms with Crippen LogP contribution in [-0.4, -0.2) is 60.3 Å². The predicted octanol–water partition coefficient (Wildman–Crippen LogP) is 8.24. The Bertz CT molecular complexity index is 1690. The zero-order valence-electron chi connectivity index (χ0n) is 30.7. The smallest absolute Gasteiger partial charge is 0.417 e. The molecule has 51 heavy (non-hydrogen) atoms. The first-order valence-corrected chi connectivity index (χ1v) is 20.4. The standard InChI is InChI=1S/C41H51NO8Si/c1-40(2,3)51(6,7)50-35(32-24-17-25-46-32)36(47-27-30-20-13-9-14-21-30)34(43)37(48-28-31-22-15-10-16-23-31)38(44)42-33(41(4,5)49-39(42)45)26-29-18-11-8-12-19-29/h8-25,33-37,43H,26-28H2,1-7H3/t33-,34+,35+,36+,37-/m0/s1. The van der Waals surface area contributed by atoms with Gasteiger partial charge in [-0.2, -0.15) is 0 Å². The van der Waals surface area contributed by atoms with Gasteiger partial charge in [-0.25, -0.2) is 9.69 Å². The monoisotopic (exact) mass is 713 g/mol. The van der Waals surface area contributed by atoms with Gasteiger partial charge in [-0.1, -0.05) is 112 Å². The number of imide groups is 1. The van der Waals surface area contributed by atoms with Crippen molar-refractivity contribution in [3.63, 3.8) is 0 Å². The van der Waals surface area contributed by atoms with Gasteiger partial charge >= 0.3 is 6.09 Å². The highest BCUT2D eigenvalue weighted by Gasteiger charge is 2.54. The largest absolute Gasteiger partial charge is 0.467 e. The van der Waals surface area contributed by atoms with Crippen molar-refractivity contribution in [2.75, 3.05) is 0 Å². The lowest BCUT2D eigenvalue weighted by atomic mass is 9.91. The van der Waals surface area contributed by atoms with Crippen LogP contribution in [0.2, 0.25) is 18.1 Å². The van der Waals surface area contributed by atoms with Crippen LogP contribution < -0.4 is 0 Å². The Hall–Kier alpha value is -4.06. The second kappa shape index (κ2) is 16.1. The summed E-state index contributed by atoms with van der Waals surface area (Å²) in [6, 6.07) is 31.4. The number of rotatable bonds is 15. The number of aliphatic hydroxyl groups excluding tert-OH is 1. The Morgan fingerprint density at radius 2 is 1.37 bits per heavy atom. The van der Waals surface area contributed by atoms with Crippen molar-refractivity contribution in [1.29, 1.82) is 0 Å². The molecule has 1 aliphatic heterocycles. The van der Waals surface area contributed by atoms with Gasteiger partial charge in [-0.15, -0.1) is 0 Å². The van der Waals surface area contributed by atoms with Gasteiger partial charge in [0.1, 0.15) is 29.7 Å². The van der Waals surface area contributed by atoms with Gasteiger partial charge in [-0.05, 0) is 67.2 Å². The number of cyclic esters (lactones) is 1. The first-order valence-electron chi connectivity index (χ1n) is 17.5. The molecule has 272 valence electrons. The number of furan rings is 1. The molecule has 0 saturated carbocycles. The van der Waals surface area contributed by atoms with Crippen LogP contribution in [0.1, 0.15) is 63.2 Å². The Labute approximate surface area is 302 Å². The average molecular weight is 714 g/mol. The maximum Gasteiger partial charge on any atom is 0.417 e. The maximum atomic E-state index is 14.9. The fourth-order valence-electron chi connectivity index (χ4n) is 5.95. The van der Waals surface area contributed by atoms with Crippen molar-refractivity contribution in [3.05, 3.63) is 132 Å². The van der Waals surface area contributed by atoms with E-state index >= 15 is 0 Å². The van der Waals surface area contributed by atoms with E-state index in [1.165, 1.54) is 0 Å². The Morgan fingerprint density at radius 3 is 1.88 bits per heavy atom. The van der Waals surface area contributed by atoms with E-state index in [0.29, 0.717) is 12.2 Å². The predicted molar refractivity (Wildman–Crippen MR) is 197 cm³/mol. The van der Waals surface area contributed by atoms with Crippen molar-refractivity contribution >= 4 is 20.3 Å². The Balaban J connectivity index is 1.57. The van der Waals surface area contributed by atoms with Crippen molar-refractivity contribution < 1.29 is 37.7 Å². The minimum atomic E-state index is -2.55. The van der Waals surface area contributed by atoms with Gasteiger partial charge in [0, 0.05) is 0 Å². The van der Waals surface area contributed by atoms with Crippen molar-refractivity contribution in [3.8, 4) is 0 Å². The zero-order valence-corrected chi connectivity index (χ0v) is 31.7. The van der Waals surface area contributed by atoms with E-state index in [9.17, 15) is 14.7 Å². The molecule has 1 N–H and O–H groups in total. The summed E-state index contributed by atoms with van der Waals surface area (Å²) in [4.78, 5) is 29.6. The third-order valence-corrected chi connectivity index (χ3v) is 14.4. The molecule has 1 aromatic heterocycles. The Morgan fingerprint density at radius 1 is 0.843 bits per heavy atom. The highest BCUT2D eigenvalue weighted by atomic mass is 28.4. The molecule has 10 heteroatoms. The number of nitrogens with zero attached hydrogens (tertiary/aromatic N) is 1. The van der Waals surface area contributed by atoms with E-state index in [4.69, 9.17) is 23.1 Å². The first-order chi connectivity index (χ1) is 24.2. The molecule has 0 unspecified atom stereocenters. The minimum Gasteiger partial charge on any atom is -0.467 e. The van der Waals surface area contributed by atoms with E-state index in [-0.39, 0.29) is 18.3 Å². The van der Waals surface area contributed by atoms with Gasteiger partial charge in [0.15, 0.2) is 14.4 Å². The molecule has 2 amide bonds. The lowest BCUT2D eigenvalue weighted by Crippen LogP contribution is -2.57. The number of ether oxygens (including phenoxy) is 3. The third kappa shape index (κ3) is 9.25. The number of hydrogen-bond acceptors (Lipinski definition) is 8. The fraction of sp³-hybridized carbons (Fsp3) is 0.415. The average Bonchev–Trinajstić information content (AvgIpc) is 3.70. The molecule has 4 aromatic rings. The number of benzene rings is 3. The van der Waals surface area contributed by atoms with Crippen molar-refractivity contribution in [1.82, 2.24) is 4.90 Å². The molecule has 1 aliphatic rings. The molecule has 9 nitrogen and oxygen atoms in total. The molecule has 5 rings (SSSR count). The molecule has 0 spiro atoms. The normalized spacial score (nSPS) is 18.5. The molecule has 0 radical (unpaired) electrons. The maximum absolute atomic E-state index is 14.9. The summed E-state index contributed by atoms with van der Waals surface area (Å²) >= 11 is 0. The van der Waals surface area contributed by atoms with Crippen LogP contribution >= 0.6 is 0 Å². The highest BCUT2D eigenvalue weighted by Crippen LogP contribution is 2.42. The van der Waals surface area contributed by atoms with E-state index in [2.05, 4.69) is 33.9 Å². The van der Waals surface area contributed by atoms with Crippen LogP contribution in [0.4, 0.5) is 4.79 Å². The summed E-state index contributed by atoms with van der Waals surface area (Å²) in [5.74, 6) is -0.288. The molecule has 2 heterocycles. The molecule has 3 aromatic carbocycles. The molecule has 0 bridgehead atoms. The molecule has 0 aliphatic carbocycles. The third-order valence-electron chi connectivity index (χ3n) is 9.97. The fourth-order valence-corrected chi connectivity index (χ4v) is 7.19. The van der Waals surface area contributed by atoms with Crippen LogP contribution in [0.15, 0.2) is 114 Å². The van der Waals surface area contributed by atoms with Crippen LogP contribution in [0.3, 0.4) is 0 Å². The van der Waals surface area contributed by atoms with E-state index in [1.807, 2.05) is 91.0 Å². The summed E-state index contributed by atoms with van der Waals surface area (Å²) < 4.78 is 31.7. The number of amides is 2. The summed E-state index contributed by atoms with van der Waals surface area (Å²) in [6.07, 6.45) is -4.14. The van der Waals surface area contributed by atoms with Crippen LogP contribution in [0.5, 0.6) is 0 Å². The molecular weight excluding hydrogens is 663 g/mol. The van der Waals surface area contributed by atoms with Crippen molar-refractivity contribution in [2.45, 2.75) is 108 Å². The van der Waals surface area contributed by atoms with Crippen LogP contribution in [-0.2, 0) is 43.1 Å². The van der Waals surface area contributed by atoms with Gasteiger partial charge in [0.25, 0.3) is 5.91 Å². The number of carbonyl (C=O) groups excluding carboxylic acids is 2. The second-order valence-electron chi connectivity index (χ2n) is 15.2. The molecule has 1 fully saturated rings. The summed E-state index contributed by atoms with van der Waals surface area (Å²) in [7, 11) is -2.55. The Kier molecular flexibility index (Phi) is 12.0. The molecular formula is C41H51NO8Si. The number of carbonyl (C=O) groups is 2. The number of hydrogen-bond donors (Lipinski definition) is 1. The van der Waals surface area contributed by atoms with Gasteiger partial charge in [0.05, 0.1) is 25.5 Å². The quantitative estimate of drug-likeness (QED) is 0.123. The summed E-state index contributed by atoms with van der Waals surface area (Å²) in [5, 5.41) is 12.4. The first kappa shape index (κ1) is 38.2. The topological polar surface area (TPSA) is 108 Å². The molecule has 5 atom stereocenters. The van der Waals surface area contributed by atoms with E-state index in [0.717, 1.165) is 21.6 Å². The molecule has 1 saturated heterocycles. The lowest BCUT2D eigenvalue weighted by molar-refractivity contribution is -0.175. The van der Waals surface area contributed by atoms with E-state index in [1.54, 1.807) is 32.2 Å². The number of aliphatic hydroxyl groups is 1. The summed E-state index contributed by atoms with van der Waals surface area (Å²) in [6.45, 7) is 14.2. The minimum absolute atomic E-state index is 0.0101. The van der Waals surface area contributed by atoms with Crippen molar-refractivity contribution in [2.24, 2.45) is 0 Å². The SMILES string of the molecule is CC1(C)OC(=O)N(C(=O)[C@@H](OCc2ccccc2)[C@H](O)[C@@H](OCc2ccccc2)[C@H](O[Si](C)(C)C(C)(C)C)c2ccco2)[C@H]1Cc1ccccc1. The van der Waals surface area contributed by atoms with Crippen LogP contribution in [0, 0.1) is 0 Å². The van der Waals surface area contributed by atoms with Gasteiger partial charge < -0.3 is 28.2 Å². The van der Waals surface area contributed by atoms with Gasteiger partial charge in [-0.3, -0.25) is 4.79 Å².